The summed E-state index contributed by atoms with van der Waals surface area (Å²) >= 11 is 4.26. The lowest BCUT2D eigenvalue weighted by Crippen LogP contribution is -1.99. The minimum atomic E-state index is 0.829. The van der Waals surface area contributed by atoms with Gasteiger partial charge in [0.25, 0.3) is 0 Å². The molecule has 5 heteroatoms. The number of hydrogen-bond donors (Lipinski definition) is 1. The van der Waals surface area contributed by atoms with Crippen molar-refractivity contribution in [2.24, 2.45) is 0 Å². The molecule has 1 aromatic carbocycles. The van der Waals surface area contributed by atoms with Crippen molar-refractivity contribution in [3.8, 4) is 5.69 Å². The van der Waals surface area contributed by atoms with E-state index in [0.717, 1.165) is 10.6 Å². The van der Waals surface area contributed by atoms with Gasteiger partial charge in [0, 0.05) is 4.90 Å². The largest absolute Gasteiger partial charge is 0.162 e. The van der Waals surface area contributed by atoms with Crippen molar-refractivity contribution in [3.63, 3.8) is 0 Å². The fourth-order valence-electron chi connectivity index (χ4n) is 0.911. The Balaban J connectivity index is 2.55. The summed E-state index contributed by atoms with van der Waals surface area (Å²) in [5.41, 5.74) is 0.832. The molecule has 0 saturated heterocycles. The van der Waals surface area contributed by atoms with Crippen LogP contribution < -0.4 is 0 Å². The SMILES string of the molecule is Sc1ccccc1-n1ncnn1. The van der Waals surface area contributed by atoms with Gasteiger partial charge in [-0.05, 0) is 17.3 Å². The summed E-state index contributed by atoms with van der Waals surface area (Å²) in [6.45, 7) is 0. The minimum Gasteiger partial charge on any atom is -0.141 e. The fraction of sp³-hybridized carbons (Fsp3) is 0. The Morgan fingerprint density at radius 3 is 2.75 bits per heavy atom. The zero-order valence-corrected chi connectivity index (χ0v) is 7.02. The van der Waals surface area contributed by atoms with Gasteiger partial charge in [0.2, 0.25) is 0 Å². The molecule has 0 saturated carbocycles. The Labute approximate surface area is 74.6 Å². The second kappa shape index (κ2) is 2.94. The maximum absolute atomic E-state index is 4.26. The maximum Gasteiger partial charge on any atom is 0.162 e. The molecule has 2 rings (SSSR count). The van der Waals surface area contributed by atoms with Gasteiger partial charge in [0.1, 0.15) is 5.69 Å². The maximum atomic E-state index is 4.26. The molecule has 0 aliphatic heterocycles. The van der Waals surface area contributed by atoms with E-state index in [-0.39, 0.29) is 0 Å². The van der Waals surface area contributed by atoms with Crippen LogP contribution in [0.1, 0.15) is 0 Å². The molecule has 0 fully saturated rings. The topological polar surface area (TPSA) is 43.6 Å². The van der Waals surface area contributed by atoms with Gasteiger partial charge in [0.05, 0.1) is 0 Å². The number of benzene rings is 1. The van der Waals surface area contributed by atoms with Gasteiger partial charge in [-0.1, -0.05) is 12.1 Å². The van der Waals surface area contributed by atoms with Crippen LogP contribution in [0.15, 0.2) is 35.5 Å². The molecule has 1 heterocycles. The summed E-state index contributed by atoms with van der Waals surface area (Å²) in [5, 5.41) is 11.3. The highest BCUT2D eigenvalue weighted by Crippen LogP contribution is 2.14. The number of tetrazole rings is 1. The molecule has 0 bridgehead atoms. The quantitative estimate of drug-likeness (QED) is 0.661. The summed E-state index contributed by atoms with van der Waals surface area (Å²) in [6.07, 6.45) is 1.39. The van der Waals surface area contributed by atoms with Crippen LogP contribution in [0.3, 0.4) is 0 Å². The highest BCUT2D eigenvalue weighted by Gasteiger charge is 2.00. The number of para-hydroxylation sites is 1. The van der Waals surface area contributed by atoms with Crippen molar-refractivity contribution in [3.05, 3.63) is 30.6 Å². The lowest BCUT2D eigenvalue weighted by atomic mass is 10.3. The molecular weight excluding hydrogens is 172 g/mol. The van der Waals surface area contributed by atoms with Crippen LogP contribution in [0, 0.1) is 0 Å². The predicted molar refractivity (Wildman–Crippen MR) is 46.4 cm³/mol. The van der Waals surface area contributed by atoms with Crippen LogP contribution in [-0.2, 0) is 0 Å². The van der Waals surface area contributed by atoms with Crippen molar-refractivity contribution >= 4 is 12.6 Å². The van der Waals surface area contributed by atoms with E-state index in [1.165, 1.54) is 11.1 Å². The van der Waals surface area contributed by atoms with Gasteiger partial charge in [-0.2, -0.15) is 0 Å². The molecular formula is C7H6N4S. The number of hydrogen-bond acceptors (Lipinski definition) is 4. The number of nitrogens with zero attached hydrogens (tertiary/aromatic N) is 4. The molecule has 1 aromatic heterocycles. The third kappa shape index (κ3) is 1.18. The summed E-state index contributed by atoms with van der Waals surface area (Å²) in [5.74, 6) is 0. The van der Waals surface area contributed by atoms with Crippen LogP contribution in [-0.4, -0.2) is 20.2 Å². The lowest BCUT2D eigenvalue weighted by Gasteiger charge is -1.99. The van der Waals surface area contributed by atoms with Crippen LogP contribution in [0.25, 0.3) is 5.69 Å². The Bertz CT molecular complexity index is 371. The Hall–Kier alpha value is -1.36. The van der Waals surface area contributed by atoms with E-state index >= 15 is 0 Å². The summed E-state index contributed by atoms with van der Waals surface area (Å²) in [7, 11) is 0. The van der Waals surface area contributed by atoms with Crippen molar-refractivity contribution in [1.29, 1.82) is 0 Å². The predicted octanol–water partition coefficient (Wildman–Crippen LogP) is 0.951. The standard InChI is InChI=1S/C7H6N4S/c12-7-4-2-1-3-6(7)11-9-5-8-10-11/h1-5,12H. The van der Waals surface area contributed by atoms with Crippen molar-refractivity contribution in [2.75, 3.05) is 0 Å². The minimum absolute atomic E-state index is 0.829. The average Bonchev–Trinajstić information content (AvgIpc) is 2.57. The molecule has 0 aliphatic rings. The molecule has 0 radical (unpaired) electrons. The third-order valence-electron chi connectivity index (χ3n) is 1.45. The normalized spacial score (nSPS) is 10.1. The molecule has 0 unspecified atom stereocenters. The lowest BCUT2D eigenvalue weighted by molar-refractivity contribution is 0.709. The summed E-state index contributed by atoms with van der Waals surface area (Å²) in [6, 6.07) is 7.56. The van der Waals surface area contributed by atoms with E-state index in [0.29, 0.717) is 0 Å². The van der Waals surface area contributed by atoms with Gasteiger partial charge >= 0.3 is 0 Å². The second-order valence-corrected chi connectivity index (χ2v) is 2.70. The first-order valence-electron chi connectivity index (χ1n) is 3.39. The Kier molecular flexibility index (Phi) is 1.79. The van der Waals surface area contributed by atoms with Crippen LogP contribution in [0.2, 0.25) is 0 Å². The van der Waals surface area contributed by atoms with E-state index in [4.69, 9.17) is 0 Å². The monoisotopic (exact) mass is 178 g/mol. The molecule has 0 spiro atoms. The van der Waals surface area contributed by atoms with Crippen LogP contribution in [0.5, 0.6) is 0 Å². The van der Waals surface area contributed by atoms with Crippen molar-refractivity contribution < 1.29 is 0 Å². The summed E-state index contributed by atoms with van der Waals surface area (Å²) < 4.78 is 0. The zero-order valence-electron chi connectivity index (χ0n) is 6.12. The first kappa shape index (κ1) is 7.30. The van der Waals surface area contributed by atoms with Crippen LogP contribution >= 0.6 is 12.6 Å². The van der Waals surface area contributed by atoms with E-state index in [1.807, 2.05) is 24.3 Å². The number of thiol groups is 1. The average molecular weight is 178 g/mol. The molecule has 0 N–H and O–H groups in total. The first-order chi connectivity index (χ1) is 5.88. The fourth-order valence-corrected chi connectivity index (χ4v) is 1.16. The second-order valence-electron chi connectivity index (χ2n) is 2.21. The summed E-state index contributed by atoms with van der Waals surface area (Å²) in [4.78, 5) is 2.26. The highest BCUT2D eigenvalue weighted by molar-refractivity contribution is 7.80. The third-order valence-corrected chi connectivity index (χ3v) is 1.82. The molecule has 12 heavy (non-hydrogen) atoms. The Morgan fingerprint density at radius 1 is 1.25 bits per heavy atom. The molecule has 0 aliphatic carbocycles. The number of aromatic nitrogens is 4. The first-order valence-corrected chi connectivity index (χ1v) is 3.84. The molecule has 60 valence electrons. The highest BCUT2D eigenvalue weighted by atomic mass is 32.1. The van der Waals surface area contributed by atoms with E-state index in [2.05, 4.69) is 28.0 Å². The molecule has 0 amide bonds. The van der Waals surface area contributed by atoms with Gasteiger partial charge in [0.15, 0.2) is 6.33 Å². The van der Waals surface area contributed by atoms with Gasteiger partial charge in [-0.3, -0.25) is 0 Å². The van der Waals surface area contributed by atoms with Crippen molar-refractivity contribution in [2.45, 2.75) is 4.90 Å². The Morgan fingerprint density at radius 2 is 2.08 bits per heavy atom. The van der Waals surface area contributed by atoms with Crippen molar-refractivity contribution in [1.82, 2.24) is 20.2 Å². The van der Waals surface area contributed by atoms with E-state index in [1.54, 1.807) is 0 Å². The zero-order chi connectivity index (χ0) is 8.39. The van der Waals surface area contributed by atoms with Gasteiger partial charge < -0.3 is 0 Å². The van der Waals surface area contributed by atoms with Gasteiger partial charge in [-0.25, -0.2) is 0 Å². The van der Waals surface area contributed by atoms with E-state index < -0.39 is 0 Å². The molecule has 0 atom stereocenters. The smallest absolute Gasteiger partial charge is 0.141 e. The molecule has 2 aromatic rings. The van der Waals surface area contributed by atoms with Crippen LogP contribution in [0.4, 0.5) is 0 Å². The number of rotatable bonds is 1. The molecule has 4 nitrogen and oxygen atoms in total. The van der Waals surface area contributed by atoms with Gasteiger partial charge in [-0.15, -0.1) is 27.6 Å². The van der Waals surface area contributed by atoms with E-state index in [9.17, 15) is 0 Å².